The van der Waals surface area contributed by atoms with E-state index in [4.69, 9.17) is 9.52 Å². The van der Waals surface area contributed by atoms with Gasteiger partial charge in [0.1, 0.15) is 10.6 Å². The van der Waals surface area contributed by atoms with Crippen molar-refractivity contribution in [2.45, 2.75) is 0 Å². The quantitative estimate of drug-likeness (QED) is 0.826. The van der Waals surface area contributed by atoms with Crippen LogP contribution in [0.4, 0.5) is 0 Å². The number of carboxylic acids is 1. The Morgan fingerprint density at radius 2 is 2.25 bits per heavy atom. The number of carboxylic acid groups (broad SMARTS) is 1. The summed E-state index contributed by atoms with van der Waals surface area (Å²) >= 11 is 1.11. The van der Waals surface area contributed by atoms with Gasteiger partial charge in [-0.2, -0.15) is 0 Å². The first-order chi connectivity index (χ1) is 7.72. The van der Waals surface area contributed by atoms with Crippen molar-refractivity contribution in [3.8, 4) is 17.3 Å². The van der Waals surface area contributed by atoms with Gasteiger partial charge in [0.25, 0.3) is 5.95 Å². The molecule has 0 amide bonds. The standard InChI is InChI=1S/C10H6O5S/c11-5-14-8-2-1-7(15-8)6-3-4-16-9(6)10(12)13/h1-5H,(H,12,13). The summed E-state index contributed by atoms with van der Waals surface area (Å²) in [5.41, 5.74) is 0.471. The number of hydrogen-bond acceptors (Lipinski definition) is 5. The van der Waals surface area contributed by atoms with Gasteiger partial charge in [0.2, 0.25) is 0 Å². The van der Waals surface area contributed by atoms with Crippen molar-refractivity contribution in [1.29, 1.82) is 0 Å². The van der Waals surface area contributed by atoms with Crippen LogP contribution in [0.1, 0.15) is 9.67 Å². The zero-order valence-corrected chi connectivity index (χ0v) is 8.69. The van der Waals surface area contributed by atoms with Crippen LogP contribution in [0.15, 0.2) is 28.0 Å². The smallest absolute Gasteiger partial charge is 0.346 e. The number of thiophene rings is 1. The predicted molar refractivity (Wildman–Crippen MR) is 55.7 cm³/mol. The minimum absolute atomic E-state index is 0.0348. The highest BCUT2D eigenvalue weighted by molar-refractivity contribution is 7.12. The Bertz CT molecular complexity index is 525. The first-order valence-electron chi connectivity index (χ1n) is 4.23. The second kappa shape index (κ2) is 4.19. The average Bonchev–Trinajstić information content (AvgIpc) is 2.83. The molecule has 0 bridgehead atoms. The van der Waals surface area contributed by atoms with Gasteiger partial charge >= 0.3 is 12.4 Å². The lowest BCUT2D eigenvalue weighted by atomic mass is 10.2. The van der Waals surface area contributed by atoms with Crippen molar-refractivity contribution in [2.24, 2.45) is 0 Å². The summed E-state index contributed by atoms with van der Waals surface area (Å²) in [5.74, 6) is -0.623. The van der Waals surface area contributed by atoms with Crippen LogP contribution in [0, 0.1) is 0 Å². The van der Waals surface area contributed by atoms with E-state index in [1.165, 1.54) is 6.07 Å². The average molecular weight is 238 g/mol. The molecule has 5 nitrogen and oxygen atoms in total. The van der Waals surface area contributed by atoms with Crippen LogP contribution >= 0.6 is 11.3 Å². The molecule has 0 aromatic carbocycles. The summed E-state index contributed by atoms with van der Waals surface area (Å²) in [5, 5.41) is 10.6. The fourth-order valence-electron chi connectivity index (χ4n) is 1.24. The van der Waals surface area contributed by atoms with E-state index in [0.717, 1.165) is 11.3 Å². The molecule has 0 aliphatic rings. The molecule has 1 N–H and O–H groups in total. The molecule has 0 saturated heterocycles. The van der Waals surface area contributed by atoms with E-state index >= 15 is 0 Å². The third-order valence-electron chi connectivity index (χ3n) is 1.87. The van der Waals surface area contributed by atoms with Crippen molar-refractivity contribution in [3.05, 3.63) is 28.5 Å². The van der Waals surface area contributed by atoms with E-state index in [0.29, 0.717) is 11.3 Å². The molecule has 0 saturated carbocycles. The fourth-order valence-corrected chi connectivity index (χ4v) is 1.98. The van der Waals surface area contributed by atoms with E-state index in [2.05, 4.69) is 4.74 Å². The summed E-state index contributed by atoms with van der Waals surface area (Å²) in [6.45, 7) is 0.244. The van der Waals surface area contributed by atoms with Crippen molar-refractivity contribution >= 4 is 23.8 Å². The maximum absolute atomic E-state index is 10.9. The lowest BCUT2D eigenvalue weighted by molar-refractivity contribution is -0.121. The van der Waals surface area contributed by atoms with Gasteiger partial charge in [0.15, 0.2) is 0 Å². The zero-order chi connectivity index (χ0) is 11.5. The maximum atomic E-state index is 10.9. The highest BCUT2D eigenvalue weighted by Gasteiger charge is 2.16. The number of rotatable bonds is 4. The van der Waals surface area contributed by atoms with Gasteiger partial charge in [-0.25, -0.2) is 4.79 Å². The predicted octanol–water partition coefficient (Wildman–Crippen LogP) is 2.24. The highest BCUT2D eigenvalue weighted by Crippen LogP contribution is 2.31. The van der Waals surface area contributed by atoms with Gasteiger partial charge in [-0.15, -0.1) is 11.3 Å². The Hall–Kier alpha value is -2.08. The highest BCUT2D eigenvalue weighted by atomic mass is 32.1. The largest absolute Gasteiger partial charge is 0.477 e. The van der Waals surface area contributed by atoms with Crippen LogP contribution in [0.3, 0.4) is 0 Å². The number of hydrogen-bond donors (Lipinski definition) is 1. The molecular weight excluding hydrogens is 232 g/mol. The first-order valence-corrected chi connectivity index (χ1v) is 5.11. The maximum Gasteiger partial charge on any atom is 0.346 e. The summed E-state index contributed by atoms with van der Waals surface area (Å²) in [6.07, 6.45) is 0. The third kappa shape index (κ3) is 1.82. The van der Waals surface area contributed by atoms with Crippen LogP contribution < -0.4 is 4.74 Å². The van der Waals surface area contributed by atoms with Gasteiger partial charge in [-0.1, -0.05) is 0 Å². The van der Waals surface area contributed by atoms with Gasteiger partial charge < -0.3 is 14.3 Å². The molecule has 2 aromatic rings. The van der Waals surface area contributed by atoms with Gasteiger partial charge in [-0.05, 0) is 17.5 Å². The molecule has 0 unspecified atom stereocenters. The third-order valence-corrected chi connectivity index (χ3v) is 2.77. The van der Waals surface area contributed by atoms with Gasteiger partial charge in [0, 0.05) is 11.6 Å². The summed E-state index contributed by atoms with van der Waals surface area (Å²) in [7, 11) is 0. The number of carbonyl (C=O) groups excluding carboxylic acids is 1. The van der Waals surface area contributed by atoms with Crippen LogP contribution in [0.25, 0.3) is 11.3 Å². The molecule has 2 rings (SSSR count). The minimum atomic E-state index is -1.01. The second-order valence-electron chi connectivity index (χ2n) is 2.80. The van der Waals surface area contributed by atoms with Crippen molar-refractivity contribution < 1.29 is 23.8 Å². The Morgan fingerprint density at radius 3 is 2.94 bits per heavy atom. The Labute approximate surface area is 93.9 Å². The molecule has 0 atom stereocenters. The summed E-state index contributed by atoms with van der Waals surface area (Å²) in [4.78, 5) is 21.1. The normalized spacial score (nSPS) is 10.0. The molecule has 0 aliphatic heterocycles. The lowest BCUT2D eigenvalue weighted by Crippen LogP contribution is -1.93. The van der Waals surface area contributed by atoms with Crippen LogP contribution in [0.2, 0.25) is 0 Å². The fraction of sp³-hybridized carbons (Fsp3) is 0. The molecule has 0 aliphatic carbocycles. The van der Waals surface area contributed by atoms with Crippen molar-refractivity contribution in [3.63, 3.8) is 0 Å². The Balaban J connectivity index is 2.38. The second-order valence-corrected chi connectivity index (χ2v) is 3.72. The molecule has 16 heavy (non-hydrogen) atoms. The monoisotopic (exact) mass is 238 g/mol. The van der Waals surface area contributed by atoms with Crippen molar-refractivity contribution in [1.82, 2.24) is 0 Å². The SMILES string of the molecule is O=COc1ccc(-c2ccsc2C(=O)O)o1. The number of carbonyl (C=O) groups is 2. The molecule has 2 heterocycles. The topological polar surface area (TPSA) is 76.7 Å². The van der Waals surface area contributed by atoms with E-state index in [9.17, 15) is 9.59 Å². The van der Waals surface area contributed by atoms with Crippen LogP contribution in [0.5, 0.6) is 5.95 Å². The molecule has 0 fully saturated rings. The zero-order valence-electron chi connectivity index (χ0n) is 7.88. The molecule has 0 radical (unpaired) electrons. The molecule has 0 spiro atoms. The number of furan rings is 1. The number of aromatic carboxylic acids is 1. The van der Waals surface area contributed by atoms with Crippen LogP contribution in [-0.2, 0) is 4.79 Å². The number of ether oxygens (including phenoxy) is 1. The molecular formula is C10H6O5S. The van der Waals surface area contributed by atoms with Gasteiger partial charge in [-0.3, -0.25) is 4.79 Å². The minimum Gasteiger partial charge on any atom is -0.477 e. The van der Waals surface area contributed by atoms with E-state index < -0.39 is 5.97 Å². The Morgan fingerprint density at radius 1 is 1.44 bits per heavy atom. The molecule has 82 valence electrons. The van der Waals surface area contributed by atoms with Gasteiger partial charge in [0.05, 0.1) is 0 Å². The van der Waals surface area contributed by atoms with E-state index in [1.54, 1.807) is 17.5 Å². The lowest BCUT2D eigenvalue weighted by Gasteiger charge is -1.95. The van der Waals surface area contributed by atoms with Crippen molar-refractivity contribution in [2.75, 3.05) is 0 Å². The molecule has 6 heteroatoms. The van der Waals surface area contributed by atoms with Crippen LogP contribution in [-0.4, -0.2) is 17.5 Å². The Kier molecular flexibility index (Phi) is 2.74. The van der Waals surface area contributed by atoms with E-state index in [-0.39, 0.29) is 17.3 Å². The first kappa shape index (κ1) is 10.4. The summed E-state index contributed by atoms with van der Waals surface area (Å²) in [6, 6.07) is 4.64. The van der Waals surface area contributed by atoms with E-state index in [1.807, 2.05) is 0 Å². The summed E-state index contributed by atoms with van der Waals surface area (Å²) < 4.78 is 9.64. The molecule has 2 aromatic heterocycles.